The Labute approximate surface area is 276 Å². The Balaban J connectivity index is 1.31. The van der Waals surface area contributed by atoms with Crippen LogP contribution in [0.25, 0.3) is 33.7 Å². The van der Waals surface area contributed by atoms with Crippen LogP contribution in [-0.2, 0) is 30.5 Å². The minimum absolute atomic E-state index is 0.533. The quantitative estimate of drug-likeness (QED) is 0.142. The van der Waals surface area contributed by atoms with Gasteiger partial charge in [0.1, 0.15) is 0 Å². The normalized spacial score (nSPS) is 18.2. The van der Waals surface area contributed by atoms with Gasteiger partial charge in [-0.1, -0.05) is 0 Å². The average Bonchev–Trinajstić information content (AvgIpc) is 3.64. The molecule has 8 rings (SSSR count). The summed E-state index contributed by atoms with van der Waals surface area (Å²) in [6.07, 6.45) is 7.26. The summed E-state index contributed by atoms with van der Waals surface area (Å²) in [5.41, 5.74) is 12.4. The third-order valence-corrected chi connectivity index (χ3v) is 78.6. The summed E-state index contributed by atoms with van der Waals surface area (Å²) in [5, 5.41) is 5.48. The molecule has 0 nitrogen and oxygen atoms in total. The van der Waals surface area contributed by atoms with Gasteiger partial charge in [-0.15, -0.1) is 0 Å². The second kappa shape index (κ2) is 11.3. The average molecular weight is 778 g/mol. The summed E-state index contributed by atoms with van der Waals surface area (Å²) in [7, 11) is 0. The van der Waals surface area contributed by atoms with E-state index >= 15 is 0 Å². The molecule has 227 valence electrons. The molecule has 6 aromatic carbocycles. The van der Waals surface area contributed by atoms with Gasteiger partial charge in [0.05, 0.1) is 0 Å². The van der Waals surface area contributed by atoms with Crippen LogP contribution in [-0.4, -0.2) is 5.98 Å². The summed E-state index contributed by atoms with van der Waals surface area (Å²) in [6.45, 7) is 5.42. The maximum absolute atomic E-state index is 4.00. The molecular weight excluding hydrogens is 735 g/mol. The van der Waals surface area contributed by atoms with Gasteiger partial charge in [0, 0.05) is 0 Å². The molecule has 0 fully saturated rings. The number of hydrogen-bond donors (Lipinski definition) is 0. The zero-order valence-electron chi connectivity index (χ0n) is 27.5. The van der Waals surface area contributed by atoms with Gasteiger partial charge in [0.25, 0.3) is 0 Å². The summed E-state index contributed by atoms with van der Waals surface area (Å²) >= 11 is -4.00. The molecule has 2 aliphatic carbocycles. The van der Waals surface area contributed by atoms with Gasteiger partial charge in [0.2, 0.25) is 0 Å². The van der Waals surface area contributed by atoms with E-state index < -0.39 is 23.7 Å². The van der Waals surface area contributed by atoms with Crippen molar-refractivity contribution in [3.8, 4) is 0 Å². The van der Waals surface area contributed by atoms with Crippen LogP contribution in [0.4, 0.5) is 0 Å². The first-order valence-electron chi connectivity index (χ1n) is 17.0. The van der Waals surface area contributed by atoms with Crippen LogP contribution in [0.2, 0.25) is 22.5 Å². The first-order valence-corrected chi connectivity index (χ1v) is 37.5. The van der Waals surface area contributed by atoms with E-state index in [0.717, 1.165) is 12.8 Å². The van der Waals surface area contributed by atoms with Crippen LogP contribution in [0, 0.1) is 0 Å². The third-order valence-electron chi connectivity index (χ3n) is 12.2. The van der Waals surface area contributed by atoms with Gasteiger partial charge in [0.15, 0.2) is 0 Å². The number of fused-ring (bicyclic) bond motifs is 4. The van der Waals surface area contributed by atoms with Crippen molar-refractivity contribution in [2.45, 2.75) is 42.6 Å². The van der Waals surface area contributed by atoms with E-state index in [1.165, 1.54) is 43.8 Å². The molecule has 0 saturated carbocycles. The van der Waals surface area contributed by atoms with Crippen molar-refractivity contribution in [3.05, 3.63) is 178 Å². The Hall–Kier alpha value is -3.59. The van der Waals surface area contributed by atoms with E-state index in [2.05, 4.69) is 168 Å². The monoisotopic (exact) mass is 779 g/mol. The van der Waals surface area contributed by atoms with Crippen molar-refractivity contribution >= 4 is 39.7 Å². The molecule has 2 heteroatoms. The van der Waals surface area contributed by atoms with Crippen LogP contribution < -0.4 is 0 Å². The summed E-state index contributed by atoms with van der Waals surface area (Å²) < 4.78 is 6.88. The molecule has 0 N–H and O–H groups in total. The first kappa shape index (κ1) is 29.8. The van der Waals surface area contributed by atoms with E-state index in [9.17, 15) is 0 Å². The molecule has 2 unspecified atom stereocenters. The molecule has 0 amide bonds. The molecule has 0 saturated heterocycles. The molecule has 2 aliphatic rings. The van der Waals surface area contributed by atoms with Crippen molar-refractivity contribution in [1.82, 2.24) is 0 Å². The van der Waals surface area contributed by atoms with Crippen molar-refractivity contribution < 1.29 is 17.7 Å². The van der Waals surface area contributed by atoms with E-state index in [1.54, 1.807) is 22.3 Å². The van der Waals surface area contributed by atoms with Gasteiger partial charge in [-0.3, -0.25) is 0 Å². The van der Waals surface area contributed by atoms with E-state index in [-0.39, 0.29) is 0 Å². The van der Waals surface area contributed by atoms with E-state index in [1.807, 2.05) is 0 Å². The second-order valence-electron chi connectivity index (χ2n) is 15.1. The van der Waals surface area contributed by atoms with E-state index in [4.69, 9.17) is 0 Å². The Kier molecular flexibility index (Phi) is 7.31. The van der Waals surface area contributed by atoms with Gasteiger partial charge < -0.3 is 0 Å². The van der Waals surface area contributed by atoms with Crippen molar-refractivity contribution in [3.63, 3.8) is 0 Å². The molecule has 2 atom stereocenters. The molecule has 0 aromatic heterocycles. The molecule has 0 radical (unpaired) electrons. The number of rotatable bonds is 7. The summed E-state index contributed by atoms with van der Waals surface area (Å²) in [5.74, 6) is -1.19. The predicted octanol–water partition coefficient (Wildman–Crippen LogP) is 11.8. The van der Waals surface area contributed by atoms with Crippen molar-refractivity contribution in [2.24, 2.45) is 0 Å². The first-order chi connectivity index (χ1) is 22.3. The summed E-state index contributed by atoms with van der Waals surface area (Å²) in [6, 6.07) is 50.5. The Morgan fingerprint density at radius 1 is 0.478 bits per heavy atom. The van der Waals surface area contributed by atoms with Crippen LogP contribution >= 0.6 is 0 Å². The number of benzene rings is 6. The van der Waals surface area contributed by atoms with Crippen LogP contribution in [0.3, 0.4) is 0 Å². The zero-order chi connectivity index (χ0) is 31.5. The van der Waals surface area contributed by atoms with E-state index in [0.29, 0.717) is 7.35 Å². The maximum atomic E-state index is 2.90. The van der Waals surface area contributed by atoms with Gasteiger partial charge in [-0.25, -0.2) is 0 Å². The van der Waals surface area contributed by atoms with Gasteiger partial charge >= 0.3 is 278 Å². The van der Waals surface area contributed by atoms with Crippen molar-refractivity contribution in [2.75, 3.05) is 0 Å². The zero-order valence-corrected chi connectivity index (χ0v) is 32.3. The summed E-state index contributed by atoms with van der Waals surface area (Å²) in [4.78, 5) is 0. The molecule has 6 aromatic rings. The predicted molar refractivity (Wildman–Crippen MR) is 200 cm³/mol. The fourth-order valence-electron chi connectivity index (χ4n) is 9.40. The molecular formula is C44H43HfSi. The van der Waals surface area contributed by atoms with Gasteiger partial charge in [-0.2, -0.15) is 0 Å². The topological polar surface area (TPSA) is 0 Å². The van der Waals surface area contributed by atoms with Crippen LogP contribution in [0.1, 0.15) is 40.7 Å². The Morgan fingerprint density at radius 3 is 1.33 bits per heavy atom. The SMILES string of the molecule is C[SiH](C)[Hf]([CH3])([CH3])([CH]1C(Cc2cccc3ccccc23)=Cc2ccccc21)[CH]1C(Cc2cccc3ccccc23)=Cc2ccccc21. The molecule has 0 bridgehead atoms. The standard InChI is InChI=1S/2C20H15.C2H7Si.2CH3.Hf/c2*1-2-8-18-13-15(12-17(18)7-1)14-19-10-5-9-16-6-3-4-11-20(16)19;1-3-2;;;/h2*1-13H,14H2;3H,1-2H3;2*1H3;. The molecule has 0 aliphatic heterocycles. The van der Waals surface area contributed by atoms with Gasteiger partial charge in [-0.05, 0) is 0 Å². The molecule has 0 heterocycles. The second-order valence-corrected chi connectivity index (χ2v) is 68.5. The third kappa shape index (κ3) is 4.63. The Morgan fingerprint density at radius 2 is 0.870 bits per heavy atom. The molecule has 46 heavy (non-hydrogen) atoms. The fourth-order valence-corrected chi connectivity index (χ4v) is 51.4. The Bertz CT molecular complexity index is 2040. The van der Waals surface area contributed by atoms with Crippen LogP contribution in [0.15, 0.2) is 145 Å². The van der Waals surface area contributed by atoms with Crippen LogP contribution in [0.5, 0.6) is 0 Å². The minimum atomic E-state index is -4.00. The van der Waals surface area contributed by atoms with Crippen molar-refractivity contribution in [1.29, 1.82) is 0 Å². The molecule has 0 spiro atoms. The number of allylic oxidation sites excluding steroid dienone is 2. The number of hydrogen-bond acceptors (Lipinski definition) is 0. The fraction of sp³-hybridized carbons (Fsp3) is 0.182.